The van der Waals surface area contributed by atoms with Gasteiger partial charge in [0.1, 0.15) is 5.69 Å². The Bertz CT molecular complexity index is 505. The van der Waals surface area contributed by atoms with Gasteiger partial charge in [0.05, 0.1) is 17.7 Å². The monoisotopic (exact) mass is 254 g/mol. The van der Waals surface area contributed by atoms with Gasteiger partial charge in [0, 0.05) is 10.3 Å². The molecule has 0 unspecified atom stereocenters. The molecule has 0 saturated heterocycles. The Morgan fingerprint density at radius 2 is 2.38 bits per heavy atom. The van der Waals surface area contributed by atoms with Gasteiger partial charge in [-0.05, 0) is 6.92 Å². The zero-order valence-electron chi connectivity index (χ0n) is 8.56. The summed E-state index contributed by atoms with van der Waals surface area (Å²) in [4.78, 5) is 20.7. The first-order valence-electron chi connectivity index (χ1n) is 4.55. The Kier molecular flexibility index (Phi) is 3.16. The van der Waals surface area contributed by atoms with Crippen molar-refractivity contribution >= 4 is 33.7 Å². The number of rotatable bonds is 3. The molecule has 2 aromatic rings. The zero-order chi connectivity index (χ0) is 11.5. The van der Waals surface area contributed by atoms with E-state index < -0.39 is 0 Å². The van der Waals surface area contributed by atoms with E-state index in [4.69, 9.17) is 5.73 Å². The maximum absolute atomic E-state index is 11.6. The molecule has 2 heterocycles. The molecule has 2 rings (SSSR count). The predicted octanol–water partition coefficient (Wildman–Crippen LogP) is 1.42. The van der Waals surface area contributed by atoms with Crippen LogP contribution in [0.25, 0.3) is 0 Å². The normalized spacial score (nSPS) is 10.3. The lowest BCUT2D eigenvalue weighted by Gasteiger charge is -2.01. The first-order chi connectivity index (χ1) is 7.66. The number of hydrogen-bond donors (Lipinski definition) is 2. The Labute approximate surface area is 100 Å². The van der Waals surface area contributed by atoms with Crippen LogP contribution >= 0.6 is 22.7 Å². The maximum atomic E-state index is 11.6. The molecule has 0 aromatic carbocycles. The highest BCUT2D eigenvalue weighted by atomic mass is 32.1. The van der Waals surface area contributed by atoms with E-state index >= 15 is 0 Å². The molecule has 0 saturated carbocycles. The van der Waals surface area contributed by atoms with Gasteiger partial charge in [-0.25, -0.2) is 9.97 Å². The predicted molar refractivity (Wildman–Crippen MR) is 64.5 cm³/mol. The quantitative estimate of drug-likeness (QED) is 0.868. The van der Waals surface area contributed by atoms with E-state index in [-0.39, 0.29) is 5.91 Å². The van der Waals surface area contributed by atoms with Crippen LogP contribution in [0.5, 0.6) is 0 Å². The molecule has 5 nitrogen and oxygen atoms in total. The van der Waals surface area contributed by atoms with E-state index in [1.807, 2.05) is 6.92 Å². The Hall–Kier alpha value is -1.47. The topological polar surface area (TPSA) is 80.9 Å². The lowest BCUT2D eigenvalue weighted by Crippen LogP contribution is -2.23. The summed E-state index contributed by atoms with van der Waals surface area (Å²) in [5.41, 5.74) is 8.53. The summed E-state index contributed by atoms with van der Waals surface area (Å²) in [6.45, 7) is 2.39. The van der Waals surface area contributed by atoms with Crippen LogP contribution in [0.1, 0.15) is 21.1 Å². The number of nitrogens with one attached hydrogen (secondary N) is 1. The number of thiazole rings is 2. The van der Waals surface area contributed by atoms with Crippen molar-refractivity contribution in [1.82, 2.24) is 15.3 Å². The van der Waals surface area contributed by atoms with Gasteiger partial charge in [-0.15, -0.1) is 22.7 Å². The van der Waals surface area contributed by atoms with Crippen molar-refractivity contribution in [3.05, 3.63) is 27.2 Å². The third kappa shape index (κ3) is 2.37. The van der Waals surface area contributed by atoms with E-state index in [1.165, 1.54) is 22.7 Å². The summed E-state index contributed by atoms with van der Waals surface area (Å²) < 4.78 is 0. The second kappa shape index (κ2) is 4.58. The molecular weight excluding hydrogens is 244 g/mol. The van der Waals surface area contributed by atoms with E-state index in [1.54, 1.807) is 10.9 Å². The highest BCUT2D eigenvalue weighted by molar-refractivity contribution is 7.13. The molecule has 0 aliphatic rings. The molecule has 0 atom stereocenters. The fraction of sp³-hybridized carbons (Fsp3) is 0.222. The molecule has 84 valence electrons. The molecule has 0 radical (unpaired) electrons. The van der Waals surface area contributed by atoms with Crippen molar-refractivity contribution in [3.8, 4) is 0 Å². The number of aromatic nitrogens is 2. The van der Waals surface area contributed by atoms with Crippen LogP contribution in [0.15, 0.2) is 10.9 Å². The summed E-state index contributed by atoms with van der Waals surface area (Å²) in [7, 11) is 0. The van der Waals surface area contributed by atoms with Crippen LogP contribution in [0.3, 0.4) is 0 Å². The van der Waals surface area contributed by atoms with E-state index in [9.17, 15) is 4.79 Å². The number of nitrogens with two attached hydrogens (primary N) is 1. The van der Waals surface area contributed by atoms with Gasteiger partial charge in [0.25, 0.3) is 5.91 Å². The molecule has 1 amide bonds. The number of amides is 1. The molecule has 3 N–H and O–H groups in total. The molecule has 0 spiro atoms. The minimum atomic E-state index is -0.208. The third-order valence-corrected chi connectivity index (χ3v) is 3.62. The van der Waals surface area contributed by atoms with Crippen molar-refractivity contribution in [1.29, 1.82) is 0 Å². The minimum absolute atomic E-state index is 0.208. The molecule has 0 aliphatic carbocycles. The van der Waals surface area contributed by atoms with Crippen molar-refractivity contribution in [2.24, 2.45) is 0 Å². The number of aryl methyl sites for hydroxylation is 1. The molecule has 2 aromatic heterocycles. The first kappa shape index (κ1) is 11.0. The number of nitrogen functional groups attached to an aromatic ring is 1. The van der Waals surface area contributed by atoms with Gasteiger partial charge < -0.3 is 11.1 Å². The van der Waals surface area contributed by atoms with E-state index in [0.29, 0.717) is 17.4 Å². The number of carbonyl (C=O) groups is 1. The smallest absolute Gasteiger partial charge is 0.271 e. The maximum Gasteiger partial charge on any atom is 0.271 e. The van der Waals surface area contributed by atoms with Crippen molar-refractivity contribution < 1.29 is 4.79 Å². The van der Waals surface area contributed by atoms with Crippen LogP contribution in [0.2, 0.25) is 0 Å². The molecule has 0 fully saturated rings. The fourth-order valence-corrected chi connectivity index (χ4v) is 2.40. The average Bonchev–Trinajstić information content (AvgIpc) is 2.84. The summed E-state index contributed by atoms with van der Waals surface area (Å²) in [5.74, 6) is -0.208. The Morgan fingerprint density at radius 3 is 2.94 bits per heavy atom. The SMILES string of the molecule is Cc1ncsc1CNC(=O)c1csc(N)n1. The lowest BCUT2D eigenvalue weighted by molar-refractivity contribution is 0.0947. The third-order valence-electron chi connectivity index (χ3n) is 2.01. The van der Waals surface area contributed by atoms with Crippen LogP contribution in [-0.2, 0) is 6.54 Å². The van der Waals surface area contributed by atoms with E-state index in [0.717, 1.165) is 10.6 Å². The lowest BCUT2D eigenvalue weighted by atomic mass is 10.4. The average molecular weight is 254 g/mol. The van der Waals surface area contributed by atoms with Gasteiger partial charge >= 0.3 is 0 Å². The standard InChI is InChI=1S/C9H10N4OS2/c1-5-7(16-4-12-5)2-11-8(14)6-3-15-9(10)13-6/h3-4H,2H2,1H3,(H2,10,13)(H,11,14). The molecule has 0 bridgehead atoms. The van der Waals surface area contributed by atoms with Crippen LogP contribution in [-0.4, -0.2) is 15.9 Å². The van der Waals surface area contributed by atoms with E-state index in [2.05, 4.69) is 15.3 Å². The van der Waals surface area contributed by atoms with Gasteiger partial charge in [-0.2, -0.15) is 0 Å². The number of nitrogens with zero attached hydrogens (tertiary/aromatic N) is 2. The largest absolute Gasteiger partial charge is 0.375 e. The van der Waals surface area contributed by atoms with Crippen molar-refractivity contribution in [2.75, 3.05) is 5.73 Å². The number of hydrogen-bond acceptors (Lipinski definition) is 6. The number of carbonyl (C=O) groups excluding carboxylic acids is 1. The summed E-state index contributed by atoms with van der Waals surface area (Å²) in [6.07, 6.45) is 0. The fourth-order valence-electron chi connectivity index (χ4n) is 1.14. The van der Waals surface area contributed by atoms with Gasteiger partial charge in [0.2, 0.25) is 0 Å². The molecular formula is C9H10N4OS2. The highest BCUT2D eigenvalue weighted by Crippen LogP contribution is 2.13. The number of anilines is 1. The zero-order valence-corrected chi connectivity index (χ0v) is 10.2. The minimum Gasteiger partial charge on any atom is -0.375 e. The Morgan fingerprint density at radius 1 is 1.56 bits per heavy atom. The molecule has 0 aliphatic heterocycles. The van der Waals surface area contributed by atoms with Crippen LogP contribution < -0.4 is 11.1 Å². The second-order valence-corrected chi connectivity index (χ2v) is 4.94. The summed E-state index contributed by atoms with van der Waals surface area (Å²) in [5, 5.41) is 4.82. The highest BCUT2D eigenvalue weighted by Gasteiger charge is 2.10. The van der Waals surface area contributed by atoms with Crippen LogP contribution in [0, 0.1) is 6.92 Å². The van der Waals surface area contributed by atoms with Crippen molar-refractivity contribution in [2.45, 2.75) is 13.5 Å². The molecule has 7 heteroatoms. The first-order valence-corrected chi connectivity index (χ1v) is 6.31. The molecule has 16 heavy (non-hydrogen) atoms. The Balaban J connectivity index is 1.96. The van der Waals surface area contributed by atoms with Crippen LogP contribution in [0.4, 0.5) is 5.13 Å². The van der Waals surface area contributed by atoms with Gasteiger partial charge in [-0.1, -0.05) is 0 Å². The second-order valence-electron chi connectivity index (χ2n) is 3.11. The van der Waals surface area contributed by atoms with Gasteiger partial charge in [-0.3, -0.25) is 4.79 Å². The van der Waals surface area contributed by atoms with Gasteiger partial charge in [0.15, 0.2) is 5.13 Å². The van der Waals surface area contributed by atoms with Crippen molar-refractivity contribution in [3.63, 3.8) is 0 Å². The summed E-state index contributed by atoms with van der Waals surface area (Å²) in [6, 6.07) is 0. The summed E-state index contributed by atoms with van der Waals surface area (Å²) >= 11 is 2.78.